The average Bonchev–Trinajstić information content (AvgIpc) is 3.10. The summed E-state index contributed by atoms with van der Waals surface area (Å²) < 4.78 is 1.74. The highest BCUT2D eigenvalue weighted by Gasteiger charge is 2.35. The summed E-state index contributed by atoms with van der Waals surface area (Å²) in [5.41, 5.74) is 0.962. The highest BCUT2D eigenvalue weighted by Crippen LogP contribution is 2.32. The van der Waals surface area contributed by atoms with Crippen LogP contribution >= 0.6 is 23.2 Å². The smallest absolute Gasteiger partial charge is 0.232 e. The van der Waals surface area contributed by atoms with Crippen molar-refractivity contribution in [1.29, 1.82) is 0 Å². The van der Waals surface area contributed by atoms with Crippen molar-refractivity contribution in [3.05, 3.63) is 46.3 Å². The number of rotatable bonds is 3. The highest BCUT2D eigenvalue weighted by atomic mass is 35.5. The van der Waals surface area contributed by atoms with Crippen molar-refractivity contribution in [3.63, 3.8) is 0 Å². The molecule has 0 unspecified atom stereocenters. The second-order valence-electron chi connectivity index (χ2n) is 7.74. The second-order valence-corrected chi connectivity index (χ2v) is 8.55. The van der Waals surface area contributed by atoms with Gasteiger partial charge < -0.3 is 9.80 Å². The summed E-state index contributed by atoms with van der Waals surface area (Å²) in [6, 6.07) is 5.38. The van der Waals surface area contributed by atoms with Gasteiger partial charge in [-0.2, -0.15) is 5.10 Å². The lowest BCUT2D eigenvalue weighted by atomic mass is 9.83. The minimum Gasteiger partial charge on any atom is -0.352 e. The Balaban J connectivity index is 1.50. The maximum absolute atomic E-state index is 13.3. The van der Waals surface area contributed by atoms with E-state index >= 15 is 0 Å². The number of nitrogens with zero attached hydrogens (tertiary/aromatic N) is 6. The Hall–Kier alpha value is -2.38. The molecule has 1 fully saturated rings. The molecule has 9 heteroatoms. The third-order valence-electron chi connectivity index (χ3n) is 5.55. The maximum atomic E-state index is 13.3. The molecule has 0 radical (unpaired) electrons. The monoisotopic (exact) mass is 432 g/mol. The summed E-state index contributed by atoms with van der Waals surface area (Å²) in [6.45, 7) is 6.48. The van der Waals surface area contributed by atoms with Crippen LogP contribution in [-0.4, -0.2) is 56.7 Å². The molecule has 152 valence electrons. The first-order valence-electron chi connectivity index (χ1n) is 9.41. The first-order valence-corrected chi connectivity index (χ1v) is 10.2. The standard InChI is InChI=1S/C20H22Cl2N6O/c1-20(2,13-4-5-15(21)16(22)10-13)19(29)28-8-6-27(7-9-28)18-14-11-25-26(3)17(14)23-12-24-18/h4-5,10-12H,6-9H2,1-3H3. The molecular formula is C20H22Cl2N6O. The van der Waals surface area contributed by atoms with Crippen LogP contribution in [0.3, 0.4) is 0 Å². The largest absolute Gasteiger partial charge is 0.352 e. The van der Waals surface area contributed by atoms with Crippen LogP contribution in [0.4, 0.5) is 5.82 Å². The normalized spacial score (nSPS) is 15.2. The fourth-order valence-corrected chi connectivity index (χ4v) is 4.02. The van der Waals surface area contributed by atoms with Crippen molar-refractivity contribution in [3.8, 4) is 0 Å². The number of carbonyl (C=O) groups is 1. The van der Waals surface area contributed by atoms with Crippen molar-refractivity contribution in [2.45, 2.75) is 19.3 Å². The number of hydrogen-bond donors (Lipinski definition) is 0. The van der Waals surface area contributed by atoms with Crippen LogP contribution < -0.4 is 4.90 Å². The lowest BCUT2D eigenvalue weighted by molar-refractivity contribution is -0.136. The van der Waals surface area contributed by atoms with Crippen LogP contribution in [0.1, 0.15) is 19.4 Å². The Morgan fingerprint density at radius 1 is 1.07 bits per heavy atom. The number of anilines is 1. The van der Waals surface area contributed by atoms with Crippen LogP contribution in [-0.2, 0) is 17.3 Å². The van der Waals surface area contributed by atoms with Crippen molar-refractivity contribution in [1.82, 2.24) is 24.6 Å². The molecule has 0 N–H and O–H groups in total. The number of hydrogen-bond acceptors (Lipinski definition) is 5. The zero-order valence-electron chi connectivity index (χ0n) is 16.6. The molecule has 1 aromatic carbocycles. The van der Waals surface area contributed by atoms with E-state index < -0.39 is 5.41 Å². The molecule has 4 rings (SSSR count). The second kappa shape index (κ2) is 7.46. The van der Waals surface area contributed by atoms with Gasteiger partial charge in [-0.3, -0.25) is 9.48 Å². The van der Waals surface area contributed by atoms with Crippen LogP contribution in [0.25, 0.3) is 11.0 Å². The van der Waals surface area contributed by atoms with Gasteiger partial charge in [-0.25, -0.2) is 9.97 Å². The minimum absolute atomic E-state index is 0.0738. The molecule has 7 nitrogen and oxygen atoms in total. The molecule has 2 aromatic heterocycles. The number of amides is 1. The number of carbonyl (C=O) groups excluding carboxylic acids is 1. The van der Waals surface area contributed by atoms with Crippen molar-refractivity contribution in [2.24, 2.45) is 7.05 Å². The Morgan fingerprint density at radius 3 is 2.48 bits per heavy atom. The molecule has 0 aliphatic carbocycles. The Morgan fingerprint density at radius 2 is 1.79 bits per heavy atom. The number of aromatic nitrogens is 4. The van der Waals surface area contributed by atoms with Gasteiger partial charge in [0.2, 0.25) is 5.91 Å². The molecule has 3 heterocycles. The van der Waals surface area contributed by atoms with Gasteiger partial charge in [-0.15, -0.1) is 0 Å². The van der Waals surface area contributed by atoms with E-state index in [1.807, 2.05) is 31.9 Å². The zero-order chi connectivity index (χ0) is 20.8. The molecule has 0 saturated carbocycles. The molecular weight excluding hydrogens is 411 g/mol. The molecule has 0 bridgehead atoms. The maximum Gasteiger partial charge on any atom is 0.232 e. The summed E-state index contributed by atoms with van der Waals surface area (Å²) in [5.74, 6) is 0.934. The van der Waals surface area contributed by atoms with Gasteiger partial charge >= 0.3 is 0 Å². The first kappa shape index (κ1) is 19.9. The molecule has 1 saturated heterocycles. The number of aryl methyl sites for hydroxylation is 1. The highest BCUT2D eigenvalue weighted by molar-refractivity contribution is 6.42. The quantitative estimate of drug-likeness (QED) is 0.634. The van der Waals surface area contributed by atoms with E-state index in [9.17, 15) is 4.79 Å². The van der Waals surface area contributed by atoms with Crippen LogP contribution in [0, 0.1) is 0 Å². The fraction of sp³-hybridized carbons (Fsp3) is 0.400. The van der Waals surface area contributed by atoms with E-state index in [1.165, 1.54) is 0 Å². The number of benzene rings is 1. The lowest BCUT2D eigenvalue weighted by Crippen LogP contribution is -2.53. The molecule has 1 aliphatic rings. The minimum atomic E-state index is -0.693. The van der Waals surface area contributed by atoms with E-state index in [2.05, 4.69) is 20.0 Å². The SMILES string of the molecule is Cn1ncc2c(N3CCN(C(=O)C(C)(C)c4ccc(Cl)c(Cl)c4)CC3)ncnc21. The van der Waals surface area contributed by atoms with E-state index in [4.69, 9.17) is 23.2 Å². The Bertz CT molecular complexity index is 1070. The van der Waals surface area contributed by atoms with Gasteiger partial charge in [0.15, 0.2) is 5.65 Å². The van der Waals surface area contributed by atoms with Crippen LogP contribution in [0.15, 0.2) is 30.7 Å². The van der Waals surface area contributed by atoms with Crippen molar-refractivity contribution >= 4 is 46.0 Å². The van der Waals surface area contributed by atoms with E-state index in [0.29, 0.717) is 36.2 Å². The van der Waals surface area contributed by atoms with Crippen molar-refractivity contribution in [2.75, 3.05) is 31.1 Å². The van der Waals surface area contributed by atoms with E-state index in [1.54, 1.807) is 29.3 Å². The molecule has 1 amide bonds. The van der Waals surface area contributed by atoms with Crippen molar-refractivity contribution < 1.29 is 4.79 Å². The van der Waals surface area contributed by atoms with Gasteiger partial charge in [0, 0.05) is 33.2 Å². The predicted octanol–water partition coefficient (Wildman–Crippen LogP) is 3.30. The van der Waals surface area contributed by atoms with Gasteiger partial charge in [0.05, 0.1) is 27.0 Å². The average molecular weight is 433 g/mol. The van der Waals surface area contributed by atoms with Gasteiger partial charge in [0.25, 0.3) is 0 Å². The van der Waals surface area contributed by atoms with E-state index in [0.717, 1.165) is 22.4 Å². The molecule has 0 atom stereocenters. The summed E-state index contributed by atoms with van der Waals surface area (Å²) in [4.78, 5) is 26.1. The third-order valence-corrected chi connectivity index (χ3v) is 6.29. The summed E-state index contributed by atoms with van der Waals surface area (Å²) in [5, 5.41) is 6.14. The summed E-state index contributed by atoms with van der Waals surface area (Å²) in [6.07, 6.45) is 3.35. The summed E-state index contributed by atoms with van der Waals surface area (Å²) >= 11 is 12.2. The zero-order valence-corrected chi connectivity index (χ0v) is 18.1. The molecule has 0 spiro atoms. The summed E-state index contributed by atoms with van der Waals surface area (Å²) in [7, 11) is 1.86. The molecule has 3 aromatic rings. The Labute approximate surface area is 179 Å². The third kappa shape index (κ3) is 3.53. The number of fused-ring (bicyclic) bond motifs is 1. The predicted molar refractivity (Wildman–Crippen MR) is 115 cm³/mol. The fourth-order valence-electron chi connectivity index (χ4n) is 3.73. The number of piperazine rings is 1. The van der Waals surface area contributed by atoms with E-state index in [-0.39, 0.29) is 5.91 Å². The molecule has 1 aliphatic heterocycles. The van der Waals surface area contributed by atoms with Gasteiger partial charge in [-0.1, -0.05) is 29.3 Å². The Kier molecular flexibility index (Phi) is 5.12. The van der Waals surface area contributed by atoms with Crippen LogP contribution in [0.2, 0.25) is 10.0 Å². The van der Waals surface area contributed by atoms with Gasteiger partial charge in [-0.05, 0) is 31.5 Å². The first-order chi connectivity index (χ1) is 13.8. The topological polar surface area (TPSA) is 67.2 Å². The molecule has 29 heavy (non-hydrogen) atoms. The lowest BCUT2D eigenvalue weighted by Gasteiger charge is -2.39. The van der Waals surface area contributed by atoms with Crippen LogP contribution in [0.5, 0.6) is 0 Å². The number of halogens is 2. The van der Waals surface area contributed by atoms with Gasteiger partial charge in [0.1, 0.15) is 12.1 Å².